The van der Waals surface area contributed by atoms with Crippen molar-refractivity contribution in [3.63, 3.8) is 0 Å². The summed E-state index contributed by atoms with van der Waals surface area (Å²) in [7, 11) is 1.71. The first-order chi connectivity index (χ1) is 4.81. The SMILES string of the molecule is C=C(CN)CSCCOC. The average molecular weight is 161 g/mol. The Kier molecular flexibility index (Phi) is 7.13. The Bertz CT molecular complexity index is 95.6. The number of methoxy groups -OCH3 is 1. The van der Waals surface area contributed by atoms with Gasteiger partial charge in [0.15, 0.2) is 0 Å². The summed E-state index contributed by atoms with van der Waals surface area (Å²) in [6, 6.07) is 0. The molecule has 0 saturated carbocycles. The summed E-state index contributed by atoms with van der Waals surface area (Å²) < 4.78 is 4.88. The molecule has 0 radical (unpaired) electrons. The second-order valence-corrected chi connectivity index (χ2v) is 3.10. The summed E-state index contributed by atoms with van der Waals surface area (Å²) in [5, 5.41) is 0. The highest BCUT2D eigenvalue weighted by atomic mass is 32.2. The third-order valence-corrected chi connectivity index (χ3v) is 2.09. The fourth-order valence-electron chi connectivity index (χ4n) is 0.418. The summed E-state index contributed by atoms with van der Waals surface area (Å²) in [5.41, 5.74) is 6.44. The van der Waals surface area contributed by atoms with Crippen molar-refractivity contribution in [2.75, 3.05) is 31.8 Å². The van der Waals surface area contributed by atoms with Crippen LogP contribution in [0.1, 0.15) is 0 Å². The van der Waals surface area contributed by atoms with Crippen LogP contribution in [0.15, 0.2) is 12.2 Å². The second-order valence-electron chi connectivity index (χ2n) is 2.00. The van der Waals surface area contributed by atoms with E-state index in [1.165, 1.54) is 0 Å². The molecule has 0 atom stereocenters. The Morgan fingerprint density at radius 2 is 2.40 bits per heavy atom. The van der Waals surface area contributed by atoms with Crippen molar-refractivity contribution >= 4 is 11.8 Å². The molecule has 0 bridgehead atoms. The Labute approximate surface area is 66.8 Å². The highest BCUT2D eigenvalue weighted by Crippen LogP contribution is 2.03. The molecular formula is C7H15NOS. The van der Waals surface area contributed by atoms with Crippen LogP contribution < -0.4 is 5.73 Å². The largest absolute Gasteiger partial charge is 0.384 e. The predicted molar refractivity (Wildman–Crippen MR) is 47.4 cm³/mol. The van der Waals surface area contributed by atoms with Crippen LogP contribution in [0.25, 0.3) is 0 Å². The van der Waals surface area contributed by atoms with Gasteiger partial charge in [-0.3, -0.25) is 0 Å². The topological polar surface area (TPSA) is 35.2 Å². The molecule has 10 heavy (non-hydrogen) atoms. The van der Waals surface area contributed by atoms with Crippen molar-refractivity contribution in [1.82, 2.24) is 0 Å². The zero-order valence-corrected chi connectivity index (χ0v) is 7.25. The Hall–Kier alpha value is 0.01000. The fraction of sp³-hybridized carbons (Fsp3) is 0.714. The summed E-state index contributed by atoms with van der Waals surface area (Å²) in [6.07, 6.45) is 0. The monoisotopic (exact) mass is 161 g/mol. The quantitative estimate of drug-likeness (QED) is 0.464. The summed E-state index contributed by atoms with van der Waals surface area (Å²) in [6.45, 7) is 5.19. The highest BCUT2D eigenvalue weighted by Gasteiger charge is 1.90. The van der Waals surface area contributed by atoms with E-state index in [2.05, 4.69) is 6.58 Å². The zero-order valence-electron chi connectivity index (χ0n) is 6.43. The molecule has 0 aliphatic heterocycles. The number of hydrogen-bond donors (Lipinski definition) is 1. The van der Waals surface area contributed by atoms with Crippen LogP contribution in [0.3, 0.4) is 0 Å². The molecule has 0 aromatic carbocycles. The van der Waals surface area contributed by atoms with Crippen LogP contribution in [0.4, 0.5) is 0 Å². The van der Waals surface area contributed by atoms with Gasteiger partial charge in [0, 0.05) is 25.2 Å². The van der Waals surface area contributed by atoms with Gasteiger partial charge in [0.05, 0.1) is 6.61 Å². The Morgan fingerprint density at radius 1 is 1.70 bits per heavy atom. The van der Waals surface area contributed by atoms with E-state index in [9.17, 15) is 0 Å². The zero-order chi connectivity index (χ0) is 7.82. The number of thioether (sulfide) groups is 1. The first-order valence-electron chi connectivity index (χ1n) is 3.24. The lowest BCUT2D eigenvalue weighted by Crippen LogP contribution is -2.04. The molecular weight excluding hydrogens is 146 g/mol. The molecule has 0 spiro atoms. The summed E-state index contributed by atoms with van der Waals surface area (Å²) in [4.78, 5) is 0. The molecule has 0 aromatic heterocycles. The Balaban J connectivity index is 2.96. The molecule has 0 heterocycles. The molecule has 0 aromatic rings. The molecule has 0 saturated heterocycles. The molecule has 0 fully saturated rings. The molecule has 0 unspecified atom stereocenters. The fourth-order valence-corrected chi connectivity index (χ4v) is 1.25. The highest BCUT2D eigenvalue weighted by molar-refractivity contribution is 7.99. The third-order valence-electron chi connectivity index (χ3n) is 1.03. The van der Waals surface area contributed by atoms with E-state index in [1.807, 2.05) is 0 Å². The van der Waals surface area contributed by atoms with Crippen molar-refractivity contribution in [3.8, 4) is 0 Å². The molecule has 0 aliphatic carbocycles. The molecule has 60 valence electrons. The van der Waals surface area contributed by atoms with Gasteiger partial charge in [-0.2, -0.15) is 11.8 Å². The smallest absolute Gasteiger partial charge is 0.0553 e. The average Bonchev–Trinajstić information content (AvgIpc) is 1.98. The minimum absolute atomic E-state index is 0.597. The third kappa shape index (κ3) is 6.13. The number of hydrogen-bond acceptors (Lipinski definition) is 3. The van der Waals surface area contributed by atoms with Gasteiger partial charge in [0.25, 0.3) is 0 Å². The van der Waals surface area contributed by atoms with Crippen molar-refractivity contribution in [3.05, 3.63) is 12.2 Å². The molecule has 2 N–H and O–H groups in total. The number of ether oxygens (including phenoxy) is 1. The van der Waals surface area contributed by atoms with Crippen LogP contribution in [0, 0.1) is 0 Å². The van der Waals surface area contributed by atoms with Crippen molar-refractivity contribution < 1.29 is 4.74 Å². The van der Waals surface area contributed by atoms with Gasteiger partial charge in [0.1, 0.15) is 0 Å². The van der Waals surface area contributed by atoms with Crippen LogP contribution in [-0.2, 0) is 4.74 Å². The van der Waals surface area contributed by atoms with E-state index in [0.717, 1.165) is 23.7 Å². The van der Waals surface area contributed by atoms with E-state index < -0.39 is 0 Å². The van der Waals surface area contributed by atoms with E-state index in [1.54, 1.807) is 18.9 Å². The normalized spacial score (nSPS) is 9.80. The van der Waals surface area contributed by atoms with Gasteiger partial charge in [-0.25, -0.2) is 0 Å². The van der Waals surface area contributed by atoms with Gasteiger partial charge in [0.2, 0.25) is 0 Å². The van der Waals surface area contributed by atoms with Gasteiger partial charge in [-0.1, -0.05) is 12.2 Å². The number of nitrogens with two attached hydrogens (primary N) is 1. The molecule has 3 heteroatoms. The van der Waals surface area contributed by atoms with E-state index in [4.69, 9.17) is 10.5 Å². The van der Waals surface area contributed by atoms with Crippen LogP contribution in [-0.4, -0.2) is 31.8 Å². The predicted octanol–water partition coefficient (Wildman–Crippen LogP) is 0.881. The van der Waals surface area contributed by atoms with Crippen LogP contribution in [0.5, 0.6) is 0 Å². The second kappa shape index (κ2) is 7.12. The first kappa shape index (κ1) is 10.0. The summed E-state index contributed by atoms with van der Waals surface area (Å²) in [5.74, 6) is 1.98. The lowest BCUT2D eigenvalue weighted by molar-refractivity contribution is 0.218. The minimum Gasteiger partial charge on any atom is -0.384 e. The van der Waals surface area contributed by atoms with Gasteiger partial charge in [-0.15, -0.1) is 0 Å². The van der Waals surface area contributed by atoms with E-state index in [0.29, 0.717) is 6.54 Å². The van der Waals surface area contributed by atoms with Gasteiger partial charge >= 0.3 is 0 Å². The molecule has 0 rings (SSSR count). The van der Waals surface area contributed by atoms with Crippen molar-refractivity contribution in [1.29, 1.82) is 0 Å². The maximum Gasteiger partial charge on any atom is 0.0553 e. The van der Waals surface area contributed by atoms with Gasteiger partial charge in [-0.05, 0) is 0 Å². The standard InChI is InChI=1S/C7H15NOS/c1-7(5-8)6-10-4-3-9-2/h1,3-6,8H2,2H3. The maximum absolute atomic E-state index is 5.34. The lowest BCUT2D eigenvalue weighted by Gasteiger charge is -2.00. The van der Waals surface area contributed by atoms with E-state index in [-0.39, 0.29) is 0 Å². The Morgan fingerprint density at radius 3 is 2.90 bits per heavy atom. The van der Waals surface area contributed by atoms with Gasteiger partial charge < -0.3 is 10.5 Å². The maximum atomic E-state index is 5.34. The van der Waals surface area contributed by atoms with Crippen molar-refractivity contribution in [2.45, 2.75) is 0 Å². The van der Waals surface area contributed by atoms with Crippen LogP contribution in [0.2, 0.25) is 0 Å². The lowest BCUT2D eigenvalue weighted by atomic mass is 10.4. The van der Waals surface area contributed by atoms with Crippen LogP contribution >= 0.6 is 11.8 Å². The first-order valence-corrected chi connectivity index (χ1v) is 4.40. The van der Waals surface area contributed by atoms with Crippen molar-refractivity contribution in [2.24, 2.45) is 5.73 Å². The van der Waals surface area contributed by atoms with E-state index >= 15 is 0 Å². The minimum atomic E-state index is 0.597. The molecule has 0 amide bonds. The summed E-state index contributed by atoms with van der Waals surface area (Å²) >= 11 is 1.81. The number of rotatable bonds is 6. The molecule has 0 aliphatic rings. The molecule has 2 nitrogen and oxygen atoms in total.